The summed E-state index contributed by atoms with van der Waals surface area (Å²) < 4.78 is 19.0. The van der Waals surface area contributed by atoms with E-state index in [2.05, 4.69) is 10.6 Å². The van der Waals surface area contributed by atoms with E-state index in [0.717, 1.165) is 12.1 Å². The number of hydrogen-bond donors (Lipinski definition) is 2. The molecule has 2 N–H and O–H groups in total. The summed E-state index contributed by atoms with van der Waals surface area (Å²) in [6.45, 7) is 1.63. The molecular weight excluding hydrogens is 358 g/mol. The van der Waals surface area contributed by atoms with E-state index in [4.69, 9.17) is 27.9 Å². The molecule has 1 unspecified atom stereocenters. The van der Waals surface area contributed by atoms with Crippen molar-refractivity contribution in [1.29, 1.82) is 0 Å². The number of hydrogen-bond acceptors (Lipinski definition) is 3. The molecule has 0 bridgehead atoms. The molecule has 1 atom stereocenters. The summed E-state index contributed by atoms with van der Waals surface area (Å²) in [4.78, 5) is 23.9. The summed E-state index contributed by atoms with van der Waals surface area (Å²) in [5.41, 5.74) is 0.776. The minimum atomic E-state index is -0.744. The zero-order valence-electron chi connectivity index (χ0n) is 12.3. The lowest BCUT2D eigenvalue weighted by molar-refractivity contribution is -0.122. The van der Waals surface area contributed by atoms with E-state index in [-0.39, 0.29) is 21.5 Å². The Labute approximate surface area is 146 Å². The fourth-order valence-corrected chi connectivity index (χ4v) is 2.65. The Bertz CT molecular complexity index is 857. The third-order valence-electron chi connectivity index (χ3n) is 3.42. The van der Waals surface area contributed by atoms with Crippen LogP contribution in [0.4, 0.5) is 15.8 Å². The Hall–Kier alpha value is -2.31. The predicted molar refractivity (Wildman–Crippen MR) is 89.5 cm³/mol. The van der Waals surface area contributed by atoms with Gasteiger partial charge in [-0.15, -0.1) is 0 Å². The van der Waals surface area contributed by atoms with Crippen molar-refractivity contribution < 1.29 is 18.7 Å². The number of rotatable bonds is 2. The first-order chi connectivity index (χ1) is 11.3. The van der Waals surface area contributed by atoms with Crippen molar-refractivity contribution >= 4 is 46.4 Å². The average Bonchev–Trinajstić information content (AvgIpc) is 2.52. The molecule has 0 radical (unpaired) electrons. The van der Waals surface area contributed by atoms with Crippen molar-refractivity contribution in [1.82, 2.24) is 0 Å². The van der Waals surface area contributed by atoms with Gasteiger partial charge >= 0.3 is 0 Å². The number of benzene rings is 2. The first-order valence-electron chi connectivity index (χ1n) is 6.92. The van der Waals surface area contributed by atoms with Gasteiger partial charge in [0.1, 0.15) is 11.6 Å². The van der Waals surface area contributed by atoms with Crippen molar-refractivity contribution in [3.05, 3.63) is 51.8 Å². The highest BCUT2D eigenvalue weighted by Gasteiger charge is 2.24. The lowest BCUT2D eigenvalue weighted by Gasteiger charge is -2.23. The van der Waals surface area contributed by atoms with Crippen LogP contribution in [0, 0.1) is 5.82 Å². The van der Waals surface area contributed by atoms with Crippen molar-refractivity contribution in [2.75, 3.05) is 10.6 Å². The maximum atomic E-state index is 13.5. The highest BCUT2D eigenvalue weighted by molar-refractivity contribution is 6.37. The van der Waals surface area contributed by atoms with E-state index in [1.807, 2.05) is 0 Å². The molecule has 124 valence electrons. The predicted octanol–water partition coefficient (Wildman–Crippen LogP) is 4.10. The summed E-state index contributed by atoms with van der Waals surface area (Å²) in [6.07, 6.45) is -0.589. The number of anilines is 2. The fraction of sp³-hybridized carbons (Fsp3) is 0.125. The molecular formula is C16H11Cl2FN2O3. The van der Waals surface area contributed by atoms with Crippen molar-refractivity contribution in [2.45, 2.75) is 13.0 Å². The van der Waals surface area contributed by atoms with Crippen LogP contribution in [0.3, 0.4) is 0 Å². The Morgan fingerprint density at radius 2 is 2.00 bits per heavy atom. The van der Waals surface area contributed by atoms with Crippen LogP contribution in [0.1, 0.15) is 17.3 Å². The summed E-state index contributed by atoms with van der Waals surface area (Å²) in [5, 5.41) is 5.12. The van der Waals surface area contributed by atoms with Crippen LogP contribution in [-0.4, -0.2) is 17.9 Å². The van der Waals surface area contributed by atoms with Gasteiger partial charge in [0.15, 0.2) is 6.10 Å². The maximum Gasteiger partial charge on any atom is 0.265 e. The summed E-state index contributed by atoms with van der Waals surface area (Å²) in [7, 11) is 0. The lowest BCUT2D eigenvalue weighted by Crippen LogP contribution is -2.34. The highest BCUT2D eigenvalue weighted by atomic mass is 35.5. The molecule has 0 aromatic heterocycles. The molecule has 0 spiro atoms. The number of ether oxygens (including phenoxy) is 1. The first-order valence-corrected chi connectivity index (χ1v) is 7.68. The topological polar surface area (TPSA) is 67.4 Å². The van der Waals surface area contributed by atoms with E-state index in [1.54, 1.807) is 19.1 Å². The van der Waals surface area contributed by atoms with Gasteiger partial charge in [-0.3, -0.25) is 9.59 Å². The monoisotopic (exact) mass is 368 g/mol. The molecule has 1 heterocycles. The van der Waals surface area contributed by atoms with Gasteiger partial charge in [0, 0.05) is 5.69 Å². The largest absolute Gasteiger partial charge is 0.479 e. The van der Waals surface area contributed by atoms with Gasteiger partial charge in [0.2, 0.25) is 0 Å². The van der Waals surface area contributed by atoms with Gasteiger partial charge in [0.25, 0.3) is 11.8 Å². The number of nitrogens with one attached hydrogen (secondary N) is 2. The minimum absolute atomic E-state index is 0.0299. The normalized spacial score (nSPS) is 16.0. The van der Waals surface area contributed by atoms with Crippen LogP contribution >= 0.6 is 23.2 Å². The first kappa shape index (κ1) is 16.5. The number of amides is 2. The van der Waals surface area contributed by atoms with E-state index in [1.165, 1.54) is 6.07 Å². The molecule has 0 aliphatic carbocycles. The molecule has 2 amide bonds. The zero-order chi connectivity index (χ0) is 17.4. The number of carbonyl (C=O) groups is 2. The van der Waals surface area contributed by atoms with E-state index < -0.39 is 17.8 Å². The summed E-state index contributed by atoms with van der Waals surface area (Å²) >= 11 is 11.5. The van der Waals surface area contributed by atoms with E-state index >= 15 is 0 Å². The molecule has 24 heavy (non-hydrogen) atoms. The van der Waals surface area contributed by atoms with Crippen molar-refractivity contribution in [3.63, 3.8) is 0 Å². The van der Waals surface area contributed by atoms with Crippen LogP contribution in [-0.2, 0) is 4.79 Å². The third kappa shape index (κ3) is 3.16. The molecule has 1 aliphatic rings. The molecule has 1 aliphatic heterocycles. The van der Waals surface area contributed by atoms with Crippen LogP contribution in [0.25, 0.3) is 0 Å². The molecule has 0 saturated heterocycles. The van der Waals surface area contributed by atoms with Gasteiger partial charge < -0.3 is 15.4 Å². The number of fused-ring (bicyclic) bond motifs is 1. The Morgan fingerprint density at radius 1 is 1.25 bits per heavy atom. The smallest absolute Gasteiger partial charge is 0.265 e. The molecule has 3 rings (SSSR count). The van der Waals surface area contributed by atoms with Gasteiger partial charge in [-0.25, -0.2) is 4.39 Å². The standard InChI is InChI=1S/C16H11Cl2FN2O3/c1-7-15(22)21-13-4-8(2-3-14(13)24-7)20-16(23)9-5-12(19)11(18)6-10(9)17/h2-7H,1H3,(H,20,23)(H,21,22). The van der Waals surface area contributed by atoms with Crippen LogP contribution in [0.2, 0.25) is 10.0 Å². The lowest BCUT2D eigenvalue weighted by atomic mass is 10.1. The number of halogens is 3. The molecule has 0 fully saturated rings. The van der Waals surface area contributed by atoms with Crippen LogP contribution in [0.15, 0.2) is 30.3 Å². The Morgan fingerprint density at radius 3 is 2.75 bits per heavy atom. The third-order valence-corrected chi connectivity index (χ3v) is 4.03. The van der Waals surface area contributed by atoms with Crippen LogP contribution < -0.4 is 15.4 Å². The van der Waals surface area contributed by atoms with Gasteiger partial charge in [-0.05, 0) is 37.3 Å². The maximum absolute atomic E-state index is 13.5. The van der Waals surface area contributed by atoms with Crippen molar-refractivity contribution in [2.24, 2.45) is 0 Å². The van der Waals surface area contributed by atoms with Gasteiger partial charge in [0.05, 0.1) is 21.3 Å². The summed E-state index contributed by atoms with van der Waals surface area (Å²) in [5.74, 6) is -1.14. The average molecular weight is 369 g/mol. The summed E-state index contributed by atoms with van der Waals surface area (Å²) in [6, 6.07) is 6.88. The molecule has 0 saturated carbocycles. The van der Waals surface area contributed by atoms with Gasteiger partial charge in [-0.1, -0.05) is 23.2 Å². The fourth-order valence-electron chi connectivity index (χ4n) is 2.18. The van der Waals surface area contributed by atoms with Crippen molar-refractivity contribution in [3.8, 4) is 5.75 Å². The van der Waals surface area contributed by atoms with Gasteiger partial charge in [-0.2, -0.15) is 0 Å². The SMILES string of the molecule is CC1Oc2ccc(NC(=O)c3cc(F)c(Cl)cc3Cl)cc2NC1=O. The highest BCUT2D eigenvalue weighted by Crippen LogP contribution is 2.32. The second-order valence-electron chi connectivity index (χ2n) is 5.16. The Kier molecular flexibility index (Phi) is 4.34. The van der Waals surface area contributed by atoms with E-state index in [9.17, 15) is 14.0 Å². The molecule has 5 nitrogen and oxygen atoms in total. The second-order valence-corrected chi connectivity index (χ2v) is 5.97. The zero-order valence-corrected chi connectivity index (χ0v) is 13.8. The molecule has 8 heteroatoms. The molecule has 2 aromatic rings. The Balaban J connectivity index is 1.84. The quantitative estimate of drug-likeness (QED) is 0.784. The minimum Gasteiger partial charge on any atom is -0.479 e. The van der Waals surface area contributed by atoms with E-state index in [0.29, 0.717) is 17.1 Å². The number of carbonyl (C=O) groups excluding carboxylic acids is 2. The van der Waals surface area contributed by atoms with Crippen LogP contribution in [0.5, 0.6) is 5.75 Å². The molecule has 2 aromatic carbocycles. The second kappa shape index (κ2) is 6.30.